The van der Waals surface area contributed by atoms with Gasteiger partial charge >= 0.3 is 6.03 Å². The van der Waals surface area contributed by atoms with Crippen LogP contribution < -0.4 is 16.2 Å². The van der Waals surface area contributed by atoms with E-state index < -0.39 is 6.03 Å². The highest BCUT2D eigenvalue weighted by molar-refractivity contribution is 5.99. The van der Waals surface area contributed by atoms with Gasteiger partial charge in [-0.15, -0.1) is 0 Å². The summed E-state index contributed by atoms with van der Waals surface area (Å²) in [6.45, 7) is 3.67. The van der Waals surface area contributed by atoms with E-state index in [-0.39, 0.29) is 11.5 Å². The Bertz CT molecular complexity index is 1260. The highest BCUT2D eigenvalue weighted by atomic mass is 16.2. The third kappa shape index (κ3) is 4.27. The van der Waals surface area contributed by atoms with Gasteiger partial charge in [0.05, 0.1) is 5.69 Å². The van der Waals surface area contributed by atoms with Gasteiger partial charge < -0.3 is 5.32 Å². The second-order valence-corrected chi connectivity index (χ2v) is 6.85. The number of hydrogen-bond acceptors (Lipinski definition) is 4. The molecule has 0 aliphatic heterocycles. The average molecular weight is 400 g/mol. The number of anilines is 2. The van der Waals surface area contributed by atoms with Gasteiger partial charge in [0, 0.05) is 29.1 Å². The van der Waals surface area contributed by atoms with Crippen molar-refractivity contribution in [2.24, 2.45) is 0 Å². The molecular weight excluding hydrogens is 380 g/mol. The van der Waals surface area contributed by atoms with Crippen molar-refractivity contribution in [3.8, 4) is 17.2 Å². The van der Waals surface area contributed by atoms with Gasteiger partial charge in [0.25, 0.3) is 5.56 Å². The molecule has 4 rings (SSSR count). The van der Waals surface area contributed by atoms with Crippen LogP contribution in [-0.2, 0) is 0 Å². The smallest absolute Gasteiger partial charge is 0.308 e. The van der Waals surface area contributed by atoms with Gasteiger partial charge in [-0.2, -0.15) is 9.78 Å². The summed E-state index contributed by atoms with van der Waals surface area (Å²) in [5.41, 5.74) is 3.44. The van der Waals surface area contributed by atoms with Crippen LogP contribution in [0.25, 0.3) is 17.2 Å². The molecule has 0 fully saturated rings. The summed E-state index contributed by atoms with van der Waals surface area (Å²) in [5, 5.41) is 10.1. The number of carbonyl (C=O) groups excluding carboxylic acids is 1. The lowest BCUT2D eigenvalue weighted by Gasteiger charge is -2.10. The van der Waals surface area contributed by atoms with Gasteiger partial charge in [0.1, 0.15) is 5.82 Å². The van der Waals surface area contributed by atoms with Crippen LogP contribution >= 0.6 is 0 Å². The molecule has 0 spiro atoms. The van der Waals surface area contributed by atoms with Crippen molar-refractivity contribution in [3.63, 3.8) is 0 Å². The zero-order valence-corrected chi connectivity index (χ0v) is 16.5. The highest BCUT2D eigenvalue weighted by Crippen LogP contribution is 2.23. The minimum Gasteiger partial charge on any atom is -0.308 e. The number of nitrogens with zero attached hydrogens (tertiary/aromatic N) is 3. The SMILES string of the molecule is Cc1cccc(NC(=O)Nc2cc(-c3ccccc3)nn2-c2nc(C)cc(=O)[nH]2)c1. The standard InChI is InChI=1S/C22H20N6O2/c1-14-7-6-10-17(11-14)24-22(30)25-19-13-18(16-8-4-3-5-9-16)27-28(19)21-23-15(2)12-20(29)26-21/h3-13H,1-2H3,(H,23,26,29)(H2,24,25,30). The second kappa shape index (κ2) is 8.04. The number of H-pyrrole nitrogens is 1. The van der Waals surface area contributed by atoms with Crippen molar-refractivity contribution >= 4 is 17.5 Å². The maximum Gasteiger partial charge on any atom is 0.324 e. The predicted molar refractivity (Wildman–Crippen MR) is 116 cm³/mol. The lowest BCUT2D eigenvalue weighted by Crippen LogP contribution is -2.22. The van der Waals surface area contributed by atoms with Crippen molar-refractivity contribution < 1.29 is 4.79 Å². The Morgan fingerprint density at radius 2 is 1.77 bits per heavy atom. The number of urea groups is 1. The molecule has 4 aromatic rings. The molecular formula is C22H20N6O2. The fourth-order valence-electron chi connectivity index (χ4n) is 3.05. The van der Waals surface area contributed by atoms with Crippen molar-refractivity contribution in [3.05, 3.63) is 88.3 Å². The molecule has 0 bridgehead atoms. The zero-order valence-electron chi connectivity index (χ0n) is 16.5. The number of hydrogen-bond donors (Lipinski definition) is 3. The van der Waals surface area contributed by atoms with Crippen molar-refractivity contribution in [1.29, 1.82) is 0 Å². The first-order valence-electron chi connectivity index (χ1n) is 9.36. The Morgan fingerprint density at radius 1 is 0.967 bits per heavy atom. The van der Waals surface area contributed by atoms with Gasteiger partial charge in [-0.3, -0.25) is 15.1 Å². The number of aromatic amines is 1. The summed E-state index contributed by atoms with van der Waals surface area (Å²) in [6, 6.07) is 19.7. The van der Waals surface area contributed by atoms with Gasteiger partial charge in [0.15, 0.2) is 0 Å². The molecule has 0 unspecified atom stereocenters. The minimum absolute atomic E-state index is 0.216. The summed E-state index contributed by atoms with van der Waals surface area (Å²) in [6.07, 6.45) is 0. The Balaban J connectivity index is 1.70. The first-order valence-corrected chi connectivity index (χ1v) is 9.36. The van der Waals surface area contributed by atoms with E-state index in [0.717, 1.165) is 11.1 Å². The van der Waals surface area contributed by atoms with Gasteiger partial charge in [0.2, 0.25) is 5.95 Å². The van der Waals surface area contributed by atoms with E-state index in [1.165, 1.54) is 10.7 Å². The molecule has 0 atom stereocenters. The largest absolute Gasteiger partial charge is 0.324 e. The van der Waals surface area contributed by atoms with Crippen LogP contribution in [0, 0.1) is 13.8 Å². The zero-order chi connectivity index (χ0) is 21.1. The van der Waals surface area contributed by atoms with Crippen LogP contribution in [0.1, 0.15) is 11.3 Å². The third-order valence-electron chi connectivity index (χ3n) is 4.35. The molecule has 30 heavy (non-hydrogen) atoms. The van der Waals surface area contributed by atoms with E-state index >= 15 is 0 Å². The van der Waals surface area contributed by atoms with Gasteiger partial charge in [-0.1, -0.05) is 42.5 Å². The number of rotatable bonds is 4. The van der Waals surface area contributed by atoms with Crippen molar-refractivity contribution in [2.75, 3.05) is 10.6 Å². The molecule has 0 aliphatic carbocycles. The van der Waals surface area contributed by atoms with E-state index in [2.05, 4.69) is 25.7 Å². The Hall–Kier alpha value is -4.20. The van der Waals surface area contributed by atoms with Crippen LogP contribution in [0.2, 0.25) is 0 Å². The molecule has 0 saturated carbocycles. The Labute approximate surface area is 172 Å². The average Bonchev–Trinajstić information content (AvgIpc) is 3.11. The van der Waals surface area contributed by atoms with Crippen LogP contribution in [0.4, 0.5) is 16.3 Å². The number of benzene rings is 2. The van der Waals surface area contributed by atoms with Crippen LogP contribution in [0.3, 0.4) is 0 Å². The lowest BCUT2D eigenvalue weighted by molar-refractivity contribution is 0.262. The molecule has 0 saturated heterocycles. The molecule has 2 amide bonds. The number of aryl methyl sites for hydroxylation is 2. The second-order valence-electron chi connectivity index (χ2n) is 6.85. The molecule has 2 aromatic heterocycles. The summed E-state index contributed by atoms with van der Waals surface area (Å²) >= 11 is 0. The Morgan fingerprint density at radius 3 is 2.50 bits per heavy atom. The normalized spacial score (nSPS) is 10.6. The van der Waals surface area contributed by atoms with Crippen molar-refractivity contribution in [1.82, 2.24) is 19.7 Å². The topological polar surface area (TPSA) is 105 Å². The quantitative estimate of drug-likeness (QED) is 0.483. The third-order valence-corrected chi connectivity index (χ3v) is 4.35. The monoisotopic (exact) mass is 400 g/mol. The van der Waals surface area contributed by atoms with E-state index in [9.17, 15) is 9.59 Å². The summed E-state index contributed by atoms with van der Waals surface area (Å²) in [7, 11) is 0. The fraction of sp³-hybridized carbons (Fsp3) is 0.0909. The molecule has 3 N–H and O–H groups in total. The van der Waals surface area contributed by atoms with Crippen molar-refractivity contribution in [2.45, 2.75) is 13.8 Å². The van der Waals surface area contributed by atoms with E-state index in [1.807, 2.05) is 55.5 Å². The maximum atomic E-state index is 12.6. The molecule has 150 valence electrons. The first-order chi connectivity index (χ1) is 14.5. The number of aromatic nitrogens is 4. The number of carbonyl (C=O) groups is 1. The summed E-state index contributed by atoms with van der Waals surface area (Å²) < 4.78 is 1.41. The molecule has 8 heteroatoms. The highest BCUT2D eigenvalue weighted by Gasteiger charge is 2.16. The lowest BCUT2D eigenvalue weighted by atomic mass is 10.2. The predicted octanol–water partition coefficient (Wildman–Crippen LogP) is 3.88. The fourth-order valence-corrected chi connectivity index (χ4v) is 3.05. The van der Waals surface area contributed by atoms with Gasteiger partial charge in [-0.25, -0.2) is 9.78 Å². The van der Waals surface area contributed by atoms with E-state index in [1.54, 1.807) is 19.1 Å². The van der Waals surface area contributed by atoms with E-state index in [0.29, 0.717) is 22.9 Å². The number of amides is 2. The summed E-state index contributed by atoms with van der Waals surface area (Å²) in [5.74, 6) is 0.584. The maximum absolute atomic E-state index is 12.6. The molecule has 8 nitrogen and oxygen atoms in total. The van der Waals surface area contributed by atoms with Crippen LogP contribution in [0.15, 0.2) is 71.5 Å². The Kier molecular flexibility index (Phi) is 5.13. The molecule has 2 aromatic carbocycles. The van der Waals surface area contributed by atoms with Crippen LogP contribution in [0.5, 0.6) is 0 Å². The molecule has 2 heterocycles. The molecule has 0 aliphatic rings. The molecule has 0 radical (unpaired) electrons. The number of nitrogens with one attached hydrogen (secondary N) is 3. The first kappa shape index (κ1) is 19.1. The minimum atomic E-state index is -0.434. The summed E-state index contributed by atoms with van der Waals surface area (Å²) in [4.78, 5) is 31.5. The van der Waals surface area contributed by atoms with Crippen LogP contribution in [-0.4, -0.2) is 25.8 Å². The van der Waals surface area contributed by atoms with E-state index in [4.69, 9.17) is 0 Å². The van der Waals surface area contributed by atoms with Gasteiger partial charge in [-0.05, 0) is 31.5 Å².